The van der Waals surface area contributed by atoms with E-state index in [1.807, 2.05) is 18.2 Å². The first-order valence-electron chi connectivity index (χ1n) is 8.33. The van der Waals surface area contributed by atoms with Crippen molar-refractivity contribution in [2.75, 3.05) is 26.4 Å². The fraction of sp³-hybridized carbons (Fsp3) is 0.625. The van der Waals surface area contributed by atoms with Gasteiger partial charge in [-0.05, 0) is 30.5 Å². The van der Waals surface area contributed by atoms with E-state index in [0.29, 0.717) is 24.4 Å². The third kappa shape index (κ3) is 4.42. The van der Waals surface area contributed by atoms with E-state index in [9.17, 15) is 5.02 Å². The molecule has 0 spiro atoms. The van der Waals surface area contributed by atoms with E-state index in [-0.39, 0.29) is 6.54 Å². The second-order valence-electron chi connectivity index (χ2n) is 5.98. The third-order valence-electron chi connectivity index (χ3n) is 4.02. The van der Waals surface area contributed by atoms with Crippen molar-refractivity contribution in [2.24, 2.45) is 5.11 Å². The number of benzene rings is 1. The van der Waals surface area contributed by atoms with Gasteiger partial charge >= 0.3 is 7.12 Å². The number of unbranched alkanes of at least 4 members (excludes halogenated alkanes) is 1. The van der Waals surface area contributed by atoms with Crippen molar-refractivity contribution in [1.29, 1.82) is 0 Å². The number of nitrogens with zero attached hydrogens (tertiary/aromatic N) is 3. The van der Waals surface area contributed by atoms with Crippen LogP contribution >= 0.6 is 0 Å². The van der Waals surface area contributed by atoms with Gasteiger partial charge in [-0.3, -0.25) is 0 Å². The molecule has 1 aromatic carbocycles. The highest BCUT2D eigenvalue weighted by Crippen LogP contribution is 2.33. The second kappa shape index (κ2) is 8.94. The van der Waals surface area contributed by atoms with Gasteiger partial charge in [0.1, 0.15) is 5.75 Å². The Balaban J connectivity index is 1.97. The van der Waals surface area contributed by atoms with Gasteiger partial charge in [-0.2, -0.15) is 0 Å². The first-order chi connectivity index (χ1) is 11.6. The molecule has 0 saturated carbocycles. The Labute approximate surface area is 142 Å². The quantitative estimate of drug-likeness (QED) is 0.234. The average molecular weight is 333 g/mol. The van der Waals surface area contributed by atoms with E-state index in [1.165, 1.54) is 0 Å². The molecule has 0 amide bonds. The standard InChI is InChI=1S/C16H24BN3O4/c1-3-4-9-22-10-6-11-23-14-8-5-7-13-15(14)17(21)24-16(13,2)12-19-20-18/h5,7-8,21H,3-4,6,9-12H2,1-2H3/t16-/m1/s1. The van der Waals surface area contributed by atoms with Crippen molar-refractivity contribution >= 4 is 12.6 Å². The number of azide groups is 1. The Bertz CT molecular complexity index is 595. The number of hydrogen-bond donors (Lipinski definition) is 1. The first kappa shape index (κ1) is 18.6. The molecule has 1 aliphatic rings. The lowest BCUT2D eigenvalue weighted by atomic mass is 9.77. The fourth-order valence-corrected chi connectivity index (χ4v) is 2.74. The maximum absolute atomic E-state index is 10.2. The van der Waals surface area contributed by atoms with Gasteiger partial charge in [0.25, 0.3) is 0 Å². The molecule has 1 heterocycles. The Morgan fingerprint density at radius 1 is 1.33 bits per heavy atom. The number of hydrogen-bond acceptors (Lipinski definition) is 5. The zero-order valence-electron chi connectivity index (χ0n) is 14.3. The van der Waals surface area contributed by atoms with E-state index >= 15 is 0 Å². The van der Waals surface area contributed by atoms with Crippen LogP contribution in [-0.2, 0) is 15.0 Å². The predicted molar refractivity (Wildman–Crippen MR) is 92.3 cm³/mol. The Kier molecular flexibility index (Phi) is 6.93. The lowest BCUT2D eigenvalue weighted by molar-refractivity contribution is 0.0894. The Morgan fingerprint density at radius 2 is 2.12 bits per heavy atom. The zero-order valence-corrected chi connectivity index (χ0v) is 14.3. The molecule has 0 radical (unpaired) electrons. The molecule has 130 valence electrons. The molecule has 2 rings (SSSR count). The lowest BCUT2D eigenvalue weighted by Crippen LogP contribution is -2.31. The van der Waals surface area contributed by atoms with Gasteiger partial charge in [0.2, 0.25) is 0 Å². The molecule has 0 saturated heterocycles. The Hall–Kier alpha value is -1.73. The molecule has 0 unspecified atom stereocenters. The molecule has 0 bridgehead atoms. The summed E-state index contributed by atoms with van der Waals surface area (Å²) < 4.78 is 16.9. The summed E-state index contributed by atoms with van der Waals surface area (Å²) in [5.74, 6) is 0.596. The minimum Gasteiger partial charge on any atom is -0.494 e. The van der Waals surface area contributed by atoms with E-state index in [1.54, 1.807) is 6.92 Å². The molecule has 0 aliphatic carbocycles. The summed E-state index contributed by atoms with van der Waals surface area (Å²) in [6.45, 7) is 5.97. The molecular weight excluding hydrogens is 309 g/mol. The van der Waals surface area contributed by atoms with Crippen LogP contribution in [-0.4, -0.2) is 38.5 Å². The molecule has 1 aromatic rings. The summed E-state index contributed by atoms with van der Waals surface area (Å²) >= 11 is 0. The summed E-state index contributed by atoms with van der Waals surface area (Å²) in [4.78, 5) is 2.77. The van der Waals surface area contributed by atoms with Crippen LogP contribution in [0.25, 0.3) is 10.4 Å². The van der Waals surface area contributed by atoms with Crippen LogP contribution in [0.4, 0.5) is 0 Å². The van der Waals surface area contributed by atoms with Crippen LogP contribution in [0.1, 0.15) is 38.7 Å². The van der Waals surface area contributed by atoms with Gasteiger partial charge in [0.05, 0.1) is 18.8 Å². The molecular formula is C16H24BN3O4. The molecule has 1 aliphatic heterocycles. The van der Waals surface area contributed by atoms with Gasteiger partial charge in [-0.15, -0.1) is 0 Å². The monoisotopic (exact) mass is 333 g/mol. The molecule has 1 N–H and O–H groups in total. The normalized spacial score (nSPS) is 19.0. The molecule has 24 heavy (non-hydrogen) atoms. The molecule has 0 fully saturated rings. The van der Waals surface area contributed by atoms with Crippen LogP contribution in [0.2, 0.25) is 0 Å². The zero-order chi connectivity index (χ0) is 17.4. The Morgan fingerprint density at radius 3 is 2.88 bits per heavy atom. The van der Waals surface area contributed by atoms with Crippen molar-refractivity contribution in [2.45, 2.75) is 38.7 Å². The molecule has 0 aromatic heterocycles. The highest BCUT2D eigenvalue weighted by atomic mass is 16.5. The SMILES string of the molecule is CCCCOCCCOc1cccc2c1B(O)O[C@]2(C)CN=[N+]=[N-]. The van der Waals surface area contributed by atoms with Crippen LogP contribution in [0, 0.1) is 0 Å². The van der Waals surface area contributed by atoms with Crippen molar-refractivity contribution in [3.05, 3.63) is 34.2 Å². The van der Waals surface area contributed by atoms with Crippen molar-refractivity contribution in [3.63, 3.8) is 0 Å². The van der Waals surface area contributed by atoms with Crippen molar-refractivity contribution in [3.8, 4) is 5.75 Å². The predicted octanol–water partition coefficient (Wildman–Crippen LogP) is 2.52. The minimum absolute atomic E-state index is 0.113. The van der Waals surface area contributed by atoms with Crippen molar-refractivity contribution < 1.29 is 19.2 Å². The van der Waals surface area contributed by atoms with Gasteiger partial charge in [-0.1, -0.05) is 30.6 Å². The maximum Gasteiger partial charge on any atom is 0.496 e. The highest BCUT2D eigenvalue weighted by Gasteiger charge is 2.45. The van der Waals surface area contributed by atoms with Gasteiger partial charge in [0, 0.05) is 30.0 Å². The average Bonchev–Trinajstić information content (AvgIpc) is 2.84. The van der Waals surface area contributed by atoms with Crippen molar-refractivity contribution in [1.82, 2.24) is 0 Å². The first-order valence-corrected chi connectivity index (χ1v) is 8.33. The molecule has 7 nitrogen and oxygen atoms in total. The molecule has 1 atom stereocenters. The maximum atomic E-state index is 10.2. The van der Waals surface area contributed by atoms with Crippen LogP contribution in [0.15, 0.2) is 23.3 Å². The van der Waals surface area contributed by atoms with Gasteiger partial charge in [0.15, 0.2) is 0 Å². The summed E-state index contributed by atoms with van der Waals surface area (Å²) in [7, 11) is -1.09. The largest absolute Gasteiger partial charge is 0.496 e. The lowest BCUT2D eigenvalue weighted by Gasteiger charge is -2.23. The summed E-state index contributed by atoms with van der Waals surface area (Å²) in [5, 5.41) is 13.8. The van der Waals surface area contributed by atoms with Crippen LogP contribution in [0.3, 0.4) is 0 Å². The number of fused-ring (bicyclic) bond motifs is 1. The van der Waals surface area contributed by atoms with Crippen LogP contribution < -0.4 is 10.2 Å². The van der Waals surface area contributed by atoms with Crippen LogP contribution in [0.5, 0.6) is 5.75 Å². The van der Waals surface area contributed by atoms with E-state index in [2.05, 4.69) is 16.9 Å². The highest BCUT2D eigenvalue weighted by molar-refractivity contribution is 6.63. The summed E-state index contributed by atoms with van der Waals surface area (Å²) in [6, 6.07) is 5.52. The van der Waals surface area contributed by atoms with E-state index in [4.69, 9.17) is 19.7 Å². The third-order valence-corrected chi connectivity index (χ3v) is 4.02. The second-order valence-corrected chi connectivity index (χ2v) is 5.98. The topological polar surface area (TPSA) is 96.7 Å². The number of rotatable bonds is 10. The summed E-state index contributed by atoms with van der Waals surface area (Å²) in [5.41, 5.74) is 9.09. The van der Waals surface area contributed by atoms with E-state index < -0.39 is 12.7 Å². The van der Waals surface area contributed by atoms with E-state index in [0.717, 1.165) is 31.4 Å². The smallest absolute Gasteiger partial charge is 0.494 e. The summed E-state index contributed by atoms with van der Waals surface area (Å²) in [6.07, 6.45) is 2.97. The minimum atomic E-state index is -1.09. The fourth-order valence-electron chi connectivity index (χ4n) is 2.74. The molecule has 8 heteroatoms. The van der Waals surface area contributed by atoms with Gasteiger partial charge in [-0.25, -0.2) is 0 Å². The van der Waals surface area contributed by atoms with Gasteiger partial charge < -0.3 is 19.2 Å². The number of ether oxygens (including phenoxy) is 2.